The molecular formula is C31H40N2O6. The van der Waals surface area contributed by atoms with Crippen molar-refractivity contribution in [3.05, 3.63) is 47.5 Å². The van der Waals surface area contributed by atoms with Crippen LogP contribution >= 0.6 is 0 Å². The monoisotopic (exact) mass is 536 g/mol. The summed E-state index contributed by atoms with van der Waals surface area (Å²) in [5.74, 6) is -0.380. The van der Waals surface area contributed by atoms with Gasteiger partial charge in [-0.05, 0) is 93.1 Å². The number of hydrogen-bond acceptors (Lipinski definition) is 6. The van der Waals surface area contributed by atoms with Crippen molar-refractivity contribution in [3.8, 4) is 0 Å². The molecule has 1 aromatic carbocycles. The van der Waals surface area contributed by atoms with Crippen molar-refractivity contribution in [2.24, 2.45) is 33.7 Å². The van der Waals surface area contributed by atoms with E-state index in [1.807, 2.05) is 0 Å². The van der Waals surface area contributed by atoms with Crippen LogP contribution in [0.1, 0.15) is 83.7 Å². The van der Waals surface area contributed by atoms with Gasteiger partial charge in [-0.15, -0.1) is 0 Å². The number of carbonyl (C=O) groups is 3. The topological polar surface area (TPSA) is 125 Å². The molecular weight excluding hydrogens is 496 g/mol. The Kier molecular flexibility index (Phi) is 7.20. The maximum atomic E-state index is 12.5. The van der Waals surface area contributed by atoms with E-state index in [1.165, 1.54) is 5.57 Å². The van der Waals surface area contributed by atoms with Gasteiger partial charge in [0.15, 0.2) is 18.4 Å². The molecule has 0 spiro atoms. The van der Waals surface area contributed by atoms with Gasteiger partial charge in [0.2, 0.25) is 0 Å². The predicted octanol–water partition coefficient (Wildman–Crippen LogP) is 4.58. The molecule has 1 aromatic rings. The number of fused-ring (bicyclic) bond motifs is 5. The minimum Gasteiger partial charge on any atom is -0.479 e. The molecule has 3 N–H and O–H groups in total. The minimum atomic E-state index is -1.19. The molecule has 0 saturated heterocycles. The maximum Gasteiger partial charge on any atom is 0.330 e. The molecule has 5 rings (SSSR count). The van der Waals surface area contributed by atoms with Crippen molar-refractivity contribution < 1.29 is 29.4 Å². The Morgan fingerprint density at radius 1 is 1.05 bits per heavy atom. The Bertz CT molecular complexity index is 1210. The second-order valence-electron chi connectivity index (χ2n) is 12.5. The highest BCUT2D eigenvalue weighted by atomic mass is 16.6. The first-order chi connectivity index (χ1) is 18.5. The fourth-order valence-corrected chi connectivity index (χ4v) is 8.55. The number of amides is 1. The van der Waals surface area contributed by atoms with E-state index in [2.05, 4.69) is 30.4 Å². The highest BCUT2D eigenvalue weighted by molar-refractivity contribution is 5.96. The predicted molar refractivity (Wildman–Crippen MR) is 146 cm³/mol. The number of carboxylic acid groups (broad SMARTS) is 1. The Hall–Kier alpha value is -3.00. The van der Waals surface area contributed by atoms with Gasteiger partial charge in [0.1, 0.15) is 5.60 Å². The standard InChI is InChI=1S/C31H40N2O6/c1-19(34)31(38)16-13-25-23-10-9-21-17-22(11-14-29(21,2)24(23)12-15-30(25,31)3)33-39-18-26(35)32-27(28(36)37)20-7-5-4-6-8-20/h4-8,17,23-25,27,38H,9-16,18H2,1-3H3,(H,32,35)(H,36,37). The van der Waals surface area contributed by atoms with E-state index in [-0.39, 0.29) is 23.2 Å². The molecule has 4 aliphatic carbocycles. The molecule has 210 valence electrons. The van der Waals surface area contributed by atoms with Gasteiger partial charge >= 0.3 is 5.97 Å². The summed E-state index contributed by atoms with van der Waals surface area (Å²) in [6.45, 7) is 5.70. The summed E-state index contributed by atoms with van der Waals surface area (Å²) in [7, 11) is 0. The largest absolute Gasteiger partial charge is 0.479 e. The SMILES string of the molecule is CC(=O)C1(O)CCC2C3CCC4=CC(=NOCC(=O)NC(C(=O)O)c5ccccc5)CCC4(C)C3CCC21C. The number of allylic oxidation sites excluding steroid dienone is 2. The van der Waals surface area contributed by atoms with E-state index in [1.54, 1.807) is 37.3 Å². The van der Waals surface area contributed by atoms with Gasteiger partial charge in [0, 0.05) is 5.41 Å². The highest BCUT2D eigenvalue weighted by Gasteiger charge is 2.65. The van der Waals surface area contributed by atoms with Crippen molar-refractivity contribution >= 4 is 23.4 Å². The molecule has 7 unspecified atom stereocenters. The molecule has 0 aliphatic heterocycles. The van der Waals surface area contributed by atoms with Crippen LogP contribution in [0.15, 0.2) is 47.1 Å². The number of aliphatic hydroxyl groups is 1. The number of hydrogen-bond donors (Lipinski definition) is 3. The molecule has 0 bridgehead atoms. The van der Waals surface area contributed by atoms with Gasteiger partial charge in [0.05, 0.1) is 5.71 Å². The summed E-state index contributed by atoms with van der Waals surface area (Å²) in [5, 5.41) is 27.6. The number of rotatable bonds is 7. The number of carboxylic acids is 1. The smallest absolute Gasteiger partial charge is 0.330 e. The van der Waals surface area contributed by atoms with Crippen LogP contribution in [0.3, 0.4) is 0 Å². The molecule has 3 fully saturated rings. The quantitative estimate of drug-likeness (QED) is 0.438. The lowest BCUT2D eigenvalue weighted by atomic mass is 9.46. The number of Topliss-reactive ketones (excluding diaryl/α,β-unsaturated/α-hetero) is 1. The number of ketones is 1. The fourth-order valence-electron chi connectivity index (χ4n) is 8.55. The third kappa shape index (κ3) is 4.60. The van der Waals surface area contributed by atoms with Crippen molar-refractivity contribution in [3.63, 3.8) is 0 Å². The Labute approximate surface area is 229 Å². The number of oxime groups is 1. The van der Waals surface area contributed by atoms with E-state index in [0.717, 1.165) is 50.7 Å². The van der Waals surface area contributed by atoms with Crippen LogP contribution in [0.5, 0.6) is 0 Å². The van der Waals surface area contributed by atoms with Gasteiger partial charge in [-0.2, -0.15) is 0 Å². The summed E-state index contributed by atoms with van der Waals surface area (Å²) in [6.07, 6.45) is 9.21. The number of carbonyl (C=O) groups excluding carboxylic acids is 2. The Morgan fingerprint density at radius 2 is 1.77 bits per heavy atom. The van der Waals surface area contributed by atoms with Crippen LogP contribution in [-0.2, 0) is 19.2 Å². The lowest BCUT2D eigenvalue weighted by Crippen LogP contribution is -2.57. The van der Waals surface area contributed by atoms with Crippen molar-refractivity contribution in [2.75, 3.05) is 6.61 Å². The first-order valence-corrected chi connectivity index (χ1v) is 14.2. The first kappa shape index (κ1) is 27.6. The Morgan fingerprint density at radius 3 is 2.46 bits per heavy atom. The average molecular weight is 537 g/mol. The molecule has 8 nitrogen and oxygen atoms in total. The van der Waals surface area contributed by atoms with Gasteiger partial charge in [-0.1, -0.05) is 54.9 Å². The summed E-state index contributed by atoms with van der Waals surface area (Å²) >= 11 is 0. The van der Waals surface area contributed by atoms with Crippen LogP contribution in [-0.4, -0.2) is 45.8 Å². The maximum absolute atomic E-state index is 12.5. The van der Waals surface area contributed by atoms with E-state index in [9.17, 15) is 24.6 Å². The lowest BCUT2D eigenvalue weighted by Gasteiger charge is -2.59. The summed E-state index contributed by atoms with van der Waals surface area (Å²) < 4.78 is 0. The van der Waals surface area contributed by atoms with Gasteiger partial charge in [0.25, 0.3) is 5.91 Å². The normalized spacial score (nSPS) is 37.1. The van der Waals surface area contributed by atoms with Crippen molar-refractivity contribution in [2.45, 2.75) is 83.8 Å². The molecule has 1 amide bonds. The molecule has 39 heavy (non-hydrogen) atoms. The summed E-state index contributed by atoms with van der Waals surface area (Å²) in [4.78, 5) is 41.9. The number of benzene rings is 1. The number of nitrogens with zero attached hydrogens (tertiary/aromatic N) is 1. The molecule has 0 radical (unpaired) electrons. The third-order valence-electron chi connectivity index (χ3n) is 10.8. The van der Waals surface area contributed by atoms with E-state index < -0.39 is 23.5 Å². The molecule has 8 heteroatoms. The van der Waals surface area contributed by atoms with Gasteiger partial charge in [-0.3, -0.25) is 9.59 Å². The van der Waals surface area contributed by atoms with E-state index >= 15 is 0 Å². The van der Waals surface area contributed by atoms with Crippen LogP contribution in [0, 0.1) is 28.6 Å². The van der Waals surface area contributed by atoms with Crippen LogP contribution < -0.4 is 5.32 Å². The van der Waals surface area contributed by atoms with Gasteiger partial charge in [-0.25, -0.2) is 4.79 Å². The second-order valence-corrected chi connectivity index (χ2v) is 12.5. The Balaban J connectivity index is 1.23. The van der Waals surface area contributed by atoms with E-state index in [0.29, 0.717) is 29.7 Å². The van der Waals surface area contributed by atoms with Crippen LogP contribution in [0.25, 0.3) is 0 Å². The van der Waals surface area contributed by atoms with Gasteiger partial charge < -0.3 is 20.4 Å². The zero-order valence-electron chi connectivity index (χ0n) is 23.1. The third-order valence-corrected chi connectivity index (χ3v) is 10.8. The number of aliphatic carboxylic acids is 1. The van der Waals surface area contributed by atoms with Crippen molar-refractivity contribution in [1.82, 2.24) is 5.32 Å². The highest BCUT2D eigenvalue weighted by Crippen LogP contribution is 2.67. The molecule has 4 aliphatic rings. The fraction of sp³-hybridized carbons (Fsp3) is 0.613. The molecule has 3 saturated carbocycles. The van der Waals surface area contributed by atoms with E-state index in [4.69, 9.17) is 4.84 Å². The molecule has 0 aromatic heterocycles. The average Bonchev–Trinajstić information content (AvgIpc) is 3.19. The van der Waals surface area contributed by atoms with Crippen LogP contribution in [0.2, 0.25) is 0 Å². The second kappa shape index (κ2) is 10.2. The molecule has 0 heterocycles. The van der Waals surface area contributed by atoms with Crippen molar-refractivity contribution in [1.29, 1.82) is 0 Å². The zero-order valence-corrected chi connectivity index (χ0v) is 23.1. The molecule has 7 atom stereocenters. The van der Waals surface area contributed by atoms with Crippen LogP contribution in [0.4, 0.5) is 0 Å². The summed E-state index contributed by atoms with van der Waals surface area (Å²) in [6, 6.07) is 7.40. The number of nitrogens with one attached hydrogen (secondary N) is 1. The first-order valence-electron chi connectivity index (χ1n) is 14.2. The zero-order chi connectivity index (χ0) is 28.0. The summed E-state index contributed by atoms with van der Waals surface area (Å²) in [5.41, 5.74) is 1.19. The minimum absolute atomic E-state index is 0.0575. The lowest BCUT2D eigenvalue weighted by molar-refractivity contribution is -0.159.